The Kier molecular flexibility index (Phi) is 12.7. The van der Waals surface area contributed by atoms with Gasteiger partial charge in [0.05, 0.1) is 56.8 Å². The molecule has 2 unspecified atom stereocenters. The van der Waals surface area contributed by atoms with Crippen LogP contribution in [0, 0.1) is 24.2 Å². The quantitative estimate of drug-likeness (QED) is 0.0953. The van der Waals surface area contributed by atoms with Crippen LogP contribution in [0.3, 0.4) is 0 Å². The normalized spacial score (nSPS) is 33.0. The first kappa shape index (κ1) is 45.3. The highest BCUT2D eigenvalue weighted by atomic mass is 32.7. The number of aliphatic hydroxyl groups is 2. The third-order valence-corrected chi connectivity index (χ3v) is 15.6. The molecule has 2 bridgehead atoms. The number of fused-ring (bicyclic) bond motifs is 4. The van der Waals surface area contributed by atoms with Gasteiger partial charge in [0.1, 0.15) is 36.0 Å². The van der Waals surface area contributed by atoms with E-state index in [2.05, 4.69) is 29.9 Å². The van der Waals surface area contributed by atoms with Crippen LogP contribution in [0.15, 0.2) is 23.8 Å². The van der Waals surface area contributed by atoms with Crippen LogP contribution in [0.2, 0.25) is 0 Å². The van der Waals surface area contributed by atoms with E-state index in [1.165, 1.54) is 30.5 Å². The van der Waals surface area contributed by atoms with Crippen molar-refractivity contribution in [3.63, 3.8) is 0 Å². The number of hydrogen-bond acceptors (Lipinski definition) is 24. The number of nitrogen functional groups attached to an aromatic ring is 1. The molecule has 11 atom stereocenters. The minimum atomic E-state index is -4.99. The Morgan fingerprint density at radius 3 is 2.46 bits per heavy atom. The van der Waals surface area contributed by atoms with Crippen LogP contribution in [-0.2, 0) is 55.4 Å². The predicted molar refractivity (Wildman–Crippen MR) is 213 cm³/mol. The number of hydrogen-bond donors (Lipinski definition) is 4. The second-order valence-corrected chi connectivity index (χ2v) is 21.3. The number of aromatic nitrogens is 8. The van der Waals surface area contributed by atoms with Gasteiger partial charge in [-0.1, -0.05) is 0 Å². The first-order valence-corrected chi connectivity index (χ1v) is 24.2. The average Bonchev–Trinajstić information content (AvgIpc) is 3.50. The van der Waals surface area contributed by atoms with Gasteiger partial charge >= 0.3 is 26.9 Å². The second kappa shape index (κ2) is 17.6. The minimum Gasteiger partial charge on any atom is -0.432 e. The number of carbonyl (C=O) groups excluding carboxylic acids is 2. The summed E-state index contributed by atoms with van der Waals surface area (Å²) >= 11 is 0.466. The number of carbonyl (C=O) groups is 2. The molecule has 2 aliphatic carbocycles. The minimum absolute atomic E-state index is 0.0215. The fraction of sp³-hybridized carbons (Fsp3) is 0.647. The van der Waals surface area contributed by atoms with Gasteiger partial charge in [0.2, 0.25) is 6.79 Å². The molecular formula is C34H45N9O17P2S. The molecule has 8 rings (SSSR count). The smallest absolute Gasteiger partial charge is 0.432 e. The summed E-state index contributed by atoms with van der Waals surface area (Å²) in [5.74, 6) is -2.05. The number of nitrogens with zero attached hydrogens (tertiary/aromatic N) is 7. The summed E-state index contributed by atoms with van der Waals surface area (Å²) in [5.41, 5.74) is 4.64. The summed E-state index contributed by atoms with van der Waals surface area (Å²) in [4.78, 5) is 61.3. The topological polar surface area (TPSA) is 334 Å². The number of aliphatic hydroxyl groups excluding tert-OH is 2. The number of ether oxygens (including phenoxy) is 5. The van der Waals surface area contributed by atoms with Crippen molar-refractivity contribution < 1.29 is 75.2 Å². The zero-order valence-corrected chi connectivity index (χ0v) is 36.9. The van der Waals surface area contributed by atoms with E-state index >= 15 is 9.13 Å². The Hall–Kier alpha value is -4.27. The number of rotatable bonds is 11. The van der Waals surface area contributed by atoms with E-state index in [9.17, 15) is 24.6 Å². The molecule has 0 amide bonds. The lowest BCUT2D eigenvalue weighted by molar-refractivity contribution is -0.0688. The molecule has 1 spiro atoms. The molecule has 6 heterocycles. The summed E-state index contributed by atoms with van der Waals surface area (Å²) in [6, 6.07) is -0.881. The molecule has 4 aromatic rings. The number of nitrogens with two attached hydrogens (primary N) is 1. The molecule has 4 aromatic heterocycles. The van der Waals surface area contributed by atoms with E-state index in [1.54, 1.807) is 32.3 Å². The molecule has 26 nitrogen and oxygen atoms in total. The van der Waals surface area contributed by atoms with Crippen LogP contribution in [0.5, 0.6) is 0 Å². The van der Waals surface area contributed by atoms with Crippen LogP contribution in [0.25, 0.3) is 22.3 Å². The van der Waals surface area contributed by atoms with Crippen molar-refractivity contribution in [3.8, 4) is 0 Å². The second-order valence-electron chi connectivity index (χ2n) is 15.7. The first-order valence-electron chi connectivity index (χ1n) is 19.6. The van der Waals surface area contributed by atoms with Crippen LogP contribution in [0.1, 0.15) is 52.2 Å². The van der Waals surface area contributed by atoms with E-state index in [4.69, 9.17) is 52.0 Å². The maximum absolute atomic E-state index is 15.0. The fourth-order valence-electron chi connectivity index (χ4n) is 8.08. The Bertz CT molecular complexity index is 2520. The summed E-state index contributed by atoms with van der Waals surface area (Å²) in [6.45, 7) is 0.434. The largest absolute Gasteiger partial charge is 0.510 e. The van der Waals surface area contributed by atoms with E-state index < -0.39 is 131 Å². The van der Waals surface area contributed by atoms with Gasteiger partial charge in [-0.2, -0.15) is 0 Å². The van der Waals surface area contributed by atoms with Crippen LogP contribution < -0.4 is 11.3 Å². The number of aromatic amines is 1. The standard InChI is InChI=1S/C34H45N9O17P2S/c1-15(2)56-32(47)51-13-55-61(49)54-9-34-6-19(34)23(42-11-38-21-27(35)36-10-37-28(21)42)24(45)26(34)60-62(50,63-14-52-33(48)57-16(3)4)53-8-20-18(7-44)25(59-61)31(58-20)43-12-39-22-29(43)40-17(5)41-30(22)46/h10-12,15-16,18-20,23-26,31,44-45H,6-9,13-14H2,1-5H3,(H2,35,36,37)(H,40,41,46)/t18-,19-,20-,23-,24+,25-,26+,31-,34-,61?,62?/m1/s1. The molecule has 0 aromatic carbocycles. The van der Waals surface area contributed by atoms with E-state index in [0.717, 1.165) is 0 Å². The van der Waals surface area contributed by atoms with Crippen molar-refractivity contribution in [2.24, 2.45) is 17.3 Å². The monoisotopic (exact) mass is 945 g/mol. The maximum atomic E-state index is 15.0. The molecule has 344 valence electrons. The molecule has 4 aliphatic rings. The van der Waals surface area contributed by atoms with Crippen molar-refractivity contribution in [2.45, 2.75) is 89.9 Å². The zero-order valence-electron chi connectivity index (χ0n) is 34.3. The predicted octanol–water partition coefficient (Wildman–Crippen LogP) is 3.10. The highest BCUT2D eigenvalue weighted by Gasteiger charge is 2.74. The Labute approximate surface area is 360 Å². The number of aryl methyl sites for hydroxylation is 1. The number of imidazole rings is 2. The molecular weight excluding hydrogens is 900 g/mol. The van der Waals surface area contributed by atoms with Gasteiger partial charge in [-0.15, -0.1) is 0 Å². The molecule has 4 fully saturated rings. The van der Waals surface area contributed by atoms with Gasteiger partial charge in [0.25, 0.3) is 5.56 Å². The van der Waals surface area contributed by atoms with Crippen molar-refractivity contribution >= 4 is 66.5 Å². The fourth-order valence-corrected chi connectivity index (χ4v) is 12.2. The number of phosphoric ester groups is 1. The lowest BCUT2D eigenvalue weighted by Gasteiger charge is -2.32. The van der Waals surface area contributed by atoms with Crippen molar-refractivity contribution in [1.82, 2.24) is 39.0 Å². The highest BCUT2D eigenvalue weighted by Crippen LogP contribution is 2.74. The maximum Gasteiger partial charge on any atom is 0.510 e. The van der Waals surface area contributed by atoms with Gasteiger partial charge in [-0.05, 0) is 47.0 Å². The molecule has 29 heteroatoms. The number of H-pyrrole nitrogens is 1. The van der Waals surface area contributed by atoms with Gasteiger partial charge < -0.3 is 49.2 Å². The summed E-state index contributed by atoms with van der Waals surface area (Å²) in [6.07, 6.45) is -6.32. The molecule has 2 aliphatic heterocycles. The van der Waals surface area contributed by atoms with Crippen LogP contribution in [0.4, 0.5) is 15.4 Å². The Morgan fingerprint density at radius 2 is 1.73 bits per heavy atom. The average molecular weight is 946 g/mol. The Balaban J connectivity index is 1.19. The van der Waals surface area contributed by atoms with Crippen LogP contribution in [-0.4, -0.2) is 131 Å². The lowest BCUT2D eigenvalue weighted by atomic mass is 9.99. The van der Waals surface area contributed by atoms with E-state index in [0.29, 0.717) is 11.4 Å². The number of nitrogens with one attached hydrogen (secondary N) is 1. The highest BCUT2D eigenvalue weighted by molar-refractivity contribution is 8.55. The van der Waals surface area contributed by atoms with Gasteiger partial charge in [0, 0.05) is 22.7 Å². The SMILES string of the molecule is Cc1nc2c(ncn2[C@@H]2O[C@@H]3COP(=O)(SCOC(=O)OC(C)C)O[C@H]4[C@@H](O)[C@H](n5cnc6c(N)ncnc65)[C@H]5C[C@@]54COP(=O)(OCOC(=O)OC(C)C)O[C@@H]2[C@@H]3CO)c(=O)[nH]1. The summed E-state index contributed by atoms with van der Waals surface area (Å²) < 4.78 is 89.9. The third-order valence-electron chi connectivity index (χ3n) is 10.9. The first-order chi connectivity index (χ1) is 29.9. The summed E-state index contributed by atoms with van der Waals surface area (Å²) in [5, 5.41) is 23.0. The van der Waals surface area contributed by atoms with E-state index in [-0.39, 0.29) is 40.4 Å². The van der Waals surface area contributed by atoms with Crippen molar-refractivity contribution in [1.29, 1.82) is 0 Å². The molecule has 63 heavy (non-hydrogen) atoms. The molecule has 2 saturated heterocycles. The Morgan fingerprint density at radius 1 is 1.02 bits per heavy atom. The third kappa shape index (κ3) is 8.93. The molecule has 5 N–H and O–H groups in total. The zero-order chi connectivity index (χ0) is 45.0. The van der Waals surface area contributed by atoms with Gasteiger partial charge in [-0.25, -0.2) is 48.2 Å². The van der Waals surface area contributed by atoms with Crippen molar-refractivity contribution in [2.75, 3.05) is 38.3 Å². The number of anilines is 1. The molecule has 2 saturated carbocycles. The van der Waals surface area contributed by atoms with Gasteiger partial charge in [-0.3, -0.25) is 27.5 Å². The molecule has 0 radical (unpaired) electrons. The van der Waals surface area contributed by atoms with E-state index in [1.807, 2.05) is 0 Å². The summed E-state index contributed by atoms with van der Waals surface area (Å²) in [7, 11) is -4.99. The van der Waals surface area contributed by atoms with Crippen molar-refractivity contribution in [3.05, 3.63) is 35.2 Å². The van der Waals surface area contributed by atoms with Crippen LogP contribution >= 0.6 is 26.0 Å². The lowest BCUT2D eigenvalue weighted by Crippen LogP contribution is -2.38. The van der Waals surface area contributed by atoms with Gasteiger partial charge in [0.15, 0.2) is 34.8 Å². The number of phosphoric acid groups is 1.